The zero-order chi connectivity index (χ0) is 14.8. The van der Waals surface area contributed by atoms with Crippen molar-refractivity contribution in [2.45, 2.75) is 63.0 Å². The lowest BCUT2D eigenvalue weighted by Gasteiger charge is -2.39. The Labute approximate surface area is 131 Å². The third-order valence-electron chi connectivity index (χ3n) is 4.76. The summed E-state index contributed by atoms with van der Waals surface area (Å²) < 4.78 is 17.4. The lowest BCUT2D eigenvalue weighted by atomic mass is 9.85. The summed E-state index contributed by atoms with van der Waals surface area (Å²) in [6, 6.07) is 11.5. The first kappa shape index (κ1) is 13.9. The van der Waals surface area contributed by atoms with Crippen molar-refractivity contribution >= 4 is 0 Å². The van der Waals surface area contributed by atoms with E-state index in [0.29, 0.717) is 18.0 Å². The molecule has 4 heteroatoms. The van der Waals surface area contributed by atoms with Crippen molar-refractivity contribution in [1.29, 1.82) is 0 Å². The molecule has 4 nitrogen and oxygen atoms in total. The second-order valence-electron chi connectivity index (χ2n) is 6.51. The van der Waals surface area contributed by atoms with E-state index < -0.39 is 0 Å². The molecule has 1 aromatic carbocycles. The standard InChI is InChI=1S/C18H23NO3/c1-2-5-13(6-3-1)9-17-20-12-18(22-17)21-16-10-14-7-4-8-15(11-16)19-14/h1-3,5-6,12,14-17,19H,4,7-11H2. The maximum Gasteiger partial charge on any atom is 0.319 e. The summed E-state index contributed by atoms with van der Waals surface area (Å²) in [5.41, 5.74) is 1.21. The van der Waals surface area contributed by atoms with Gasteiger partial charge in [0.05, 0.1) is 0 Å². The fourth-order valence-electron chi connectivity index (χ4n) is 3.74. The van der Waals surface area contributed by atoms with Crippen LogP contribution >= 0.6 is 0 Å². The molecule has 2 saturated heterocycles. The normalized spacial score (nSPS) is 33.5. The van der Waals surface area contributed by atoms with Gasteiger partial charge in [-0.05, 0) is 31.2 Å². The van der Waals surface area contributed by atoms with Gasteiger partial charge in [0.15, 0.2) is 6.26 Å². The summed E-state index contributed by atoms with van der Waals surface area (Å²) in [4.78, 5) is 0. The molecule has 118 valence electrons. The SMILES string of the molecule is C1=C(OC2CC3CCCC(C2)N3)OC(Cc2ccccc2)O1. The van der Waals surface area contributed by atoms with Crippen molar-refractivity contribution in [3.05, 3.63) is 48.1 Å². The van der Waals surface area contributed by atoms with Gasteiger partial charge in [-0.25, -0.2) is 0 Å². The Kier molecular flexibility index (Phi) is 3.94. The highest BCUT2D eigenvalue weighted by Gasteiger charge is 2.34. The van der Waals surface area contributed by atoms with E-state index in [-0.39, 0.29) is 12.4 Å². The van der Waals surface area contributed by atoms with Crippen LogP contribution in [0.2, 0.25) is 0 Å². The lowest BCUT2D eigenvalue weighted by molar-refractivity contribution is -0.0919. The maximum absolute atomic E-state index is 6.03. The highest BCUT2D eigenvalue weighted by Crippen LogP contribution is 2.30. The van der Waals surface area contributed by atoms with Gasteiger partial charge in [-0.3, -0.25) is 0 Å². The van der Waals surface area contributed by atoms with Crippen molar-refractivity contribution in [1.82, 2.24) is 5.32 Å². The van der Waals surface area contributed by atoms with Gasteiger partial charge < -0.3 is 19.5 Å². The topological polar surface area (TPSA) is 39.7 Å². The molecule has 3 unspecified atom stereocenters. The predicted octanol–water partition coefficient (Wildman–Crippen LogP) is 3.09. The molecule has 2 fully saturated rings. The minimum Gasteiger partial charge on any atom is -0.460 e. The van der Waals surface area contributed by atoms with Crippen molar-refractivity contribution in [3.63, 3.8) is 0 Å². The molecule has 3 atom stereocenters. The van der Waals surface area contributed by atoms with Crippen LogP contribution in [0.15, 0.2) is 42.5 Å². The Bertz CT molecular complexity index is 518. The summed E-state index contributed by atoms with van der Waals surface area (Å²) in [6.45, 7) is 0. The summed E-state index contributed by atoms with van der Waals surface area (Å²) in [6.07, 6.45) is 8.37. The second kappa shape index (κ2) is 6.21. The number of hydrogen-bond donors (Lipinski definition) is 1. The minimum atomic E-state index is -0.265. The number of ether oxygens (including phenoxy) is 3. The molecule has 0 amide bonds. The van der Waals surface area contributed by atoms with E-state index in [0.717, 1.165) is 19.3 Å². The average molecular weight is 301 g/mol. The lowest BCUT2D eigenvalue weighted by Crippen LogP contribution is -2.50. The summed E-state index contributed by atoms with van der Waals surface area (Å²) in [5.74, 6) is 0.547. The Morgan fingerprint density at radius 1 is 1.09 bits per heavy atom. The number of benzene rings is 1. The fourth-order valence-corrected chi connectivity index (χ4v) is 3.74. The van der Waals surface area contributed by atoms with E-state index in [1.54, 1.807) is 6.26 Å². The van der Waals surface area contributed by atoms with Gasteiger partial charge in [0.25, 0.3) is 0 Å². The highest BCUT2D eigenvalue weighted by atomic mass is 16.8. The molecule has 1 N–H and O–H groups in total. The van der Waals surface area contributed by atoms with Gasteiger partial charge in [0, 0.05) is 18.5 Å². The number of rotatable bonds is 4. The van der Waals surface area contributed by atoms with Crippen LogP contribution in [-0.4, -0.2) is 24.5 Å². The fraction of sp³-hybridized carbons (Fsp3) is 0.556. The highest BCUT2D eigenvalue weighted by molar-refractivity contribution is 5.15. The largest absolute Gasteiger partial charge is 0.460 e. The van der Waals surface area contributed by atoms with E-state index in [2.05, 4.69) is 17.4 Å². The quantitative estimate of drug-likeness (QED) is 0.927. The summed E-state index contributed by atoms with van der Waals surface area (Å²) >= 11 is 0. The van der Waals surface area contributed by atoms with Gasteiger partial charge >= 0.3 is 5.95 Å². The minimum absolute atomic E-state index is 0.252. The smallest absolute Gasteiger partial charge is 0.319 e. The third kappa shape index (κ3) is 3.22. The maximum atomic E-state index is 6.03. The average Bonchev–Trinajstić information content (AvgIpc) is 2.95. The number of nitrogens with one attached hydrogen (secondary N) is 1. The van der Waals surface area contributed by atoms with E-state index in [4.69, 9.17) is 14.2 Å². The Balaban J connectivity index is 1.28. The first-order valence-corrected chi connectivity index (χ1v) is 8.34. The molecule has 22 heavy (non-hydrogen) atoms. The Morgan fingerprint density at radius 3 is 2.64 bits per heavy atom. The third-order valence-corrected chi connectivity index (χ3v) is 4.76. The van der Waals surface area contributed by atoms with Crippen LogP contribution in [0.25, 0.3) is 0 Å². The summed E-state index contributed by atoms with van der Waals surface area (Å²) in [5, 5.41) is 3.68. The van der Waals surface area contributed by atoms with E-state index in [9.17, 15) is 0 Å². The zero-order valence-electron chi connectivity index (χ0n) is 12.7. The van der Waals surface area contributed by atoms with Crippen molar-refractivity contribution < 1.29 is 14.2 Å². The molecule has 4 rings (SSSR count). The van der Waals surface area contributed by atoms with Crippen LogP contribution in [0.3, 0.4) is 0 Å². The molecule has 3 aliphatic heterocycles. The van der Waals surface area contributed by atoms with Crippen LogP contribution in [-0.2, 0) is 20.6 Å². The molecule has 0 radical (unpaired) electrons. The van der Waals surface area contributed by atoms with Crippen LogP contribution < -0.4 is 5.32 Å². The number of fused-ring (bicyclic) bond motifs is 2. The van der Waals surface area contributed by atoms with Gasteiger partial charge in [0.1, 0.15) is 6.10 Å². The first-order chi connectivity index (χ1) is 10.8. The molecule has 0 saturated carbocycles. The molecule has 0 aromatic heterocycles. The van der Waals surface area contributed by atoms with Crippen molar-refractivity contribution in [2.24, 2.45) is 0 Å². The van der Waals surface area contributed by atoms with Crippen LogP contribution in [0.4, 0.5) is 0 Å². The monoisotopic (exact) mass is 301 g/mol. The van der Waals surface area contributed by atoms with Crippen molar-refractivity contribution in [2.75, 3.05) is 0 Å². The van der Waals surface area contributed by atoms with Crippen LogP contribution in [0.1, 0.15) is 37.7 Å². The number of hydrogen-bond acceptors (Lipinski definition) is 4. The van der Waals surface area contributed by atoms with E-state index in [1.807, 2.05) is 18.2 Å². The molecular formula is C18H23NO3. The Hall–Kier alpha value is -1.68. The van der Waals surface area contributed by atoms with Gasteiger partial charge in [-0.15, -0.1) is 0 Å². The van der Waals surface area contributed by atoms with Gasteiger partial charge in [-0.1, -0.05) is 36.8 Å². The molecule has 1 aromatic rings. The molecule has 3 heterocycles. The first-order valence-electron chi connectivity index (χ1n) is 8.34. The molecule has 3 aliphatic rings. The Morgan fingerprint density at radius 2 is 1.86 bits per heavy atom. The molecule has 0 spiro atoms. The zero-order valence-corrected chi connectivity index (χ0v) is 12.7. The van der Waals surface area contributed by atoms with Gasteiger partial charge in [0.2, 0.25) is 6.29 Å². The van der Waals surface area contributed by atoms with E-state index >= 15 is 0 Å². The predicted molar refractivity (Wildman–Crippen MR) is 82.9 cm³/mol. The molecular weight excluding hydrogens is 278 g/mol. The van der Waals surface area contributed by atoms with Crippen LogP contribution in [0, 0.1) is 0 Å². The molecule has 0 aliphatic carbocycles. The number of piperidine rings is 2. The van der Waals surface area contributed by atoms with Crippen LogP contribution in [0.5, 0.6) is 0 Å². The second-order valence-corrected chi connectivity index (χ2v) is 6.51. The molecule has 2 bridgehead atoms. The van der Waals surface area contributed by atoms with Crippen molar-refractivity contribution in [3.8, 4) is 0 Å². The van der Waals surface area contributed by atoms with E-state index in [1.165, 1.54) is 24.8 Å². The van der Waals surface area contributed by atoms with Gasteiger partial charge in [-0.2, -0.15) is 0 Å². The summed E-state index contributed by atoms with van der Waals surface area (Å²) in [7, 11) is 0.